The van der Waals surface area contributed by atoms with E-state index in [1.54, 1.807) is 6.07 Å². The first-order chi connectivity index (χ1) is 11.8. The molecule has 0 atom stereocenters. The van der Waals surface area contributed by atoms with Crippen molar-refractivity contribution in [3.8, 4) is 28.0 Å². The minimum Gasteiger partial charge on any atom is -0.508 e. The van der Waals surface area contributed by atoms with Crippen LogP contribution in [0.15, 0.2) is 78.9 Å². The zero-order chi connectivity index (χ0) is 16.1. The van der Waals surface area contributed by atoms with Gasteiger partial charge in [0.1, 0.15) is 5.75 Å². The highest BCUT2D eigenvalue weighted by molar-refractivity contribution is 5.91. The van der Waals surface area contributed by atoms with Gasteiger partial charge in [0.05, 0.1) is 0 Å². The predicted molar refractivity (Wildman–Crippen MR) is 99.3 cm³/mol. The van der Waals surface area contributed by atoms with Gasteiger partial charge in [0.15, 0.2) is 0 Å². The van der Waals surface area contributed by atoms with Crippen molar-refractivity contribution >= 4 is 10.8 Å². The highest BCUT2D eigenvalue weighted by Gasteiger charge is 2.20. The maximum atomic E-state index is 9.76. The Morgan fingerprint density at radius 3 is 2.38 bits per heavy atom. The van der Waals surface area contributed by atoms with Crippen molar-refractivity contribution in [1.29, 1.82) is 0 Å². The Bertz CT molecular complexity index is 1090. The van der Waals surface area contributed by atoms with Gasteiger partial charge in [-0.3, -0.25) is 0 Å². The number of phenols is 1. The predicted octanol–water partition coefficient (Wildman–Crippen LogP) is 5.78. The molecule has 0 saturated carbocycles. The number of fused-ring (bicyclic) bond motifs is 4. The zero-order valence-corrected chi connectivity index (χ0v) is 13.2. The van der Waals surface area contributed by atoms with Gasteiger partial charge in [-0.1, -0.05) is 60.7 Å². The van der Waals surface area contributed by atoms with E-state index in [-0.39, 0.29) is 0 Å². The highest BCUT2D eigenvalue weighted by Crippen LogP contribution is 2.41. The van der Waals surface area contributed by atoms with Crippen LogP contribution in [-0.2, 0) is 6.42 Å². The van der Waals surface area contributed by atoms with Gasteiger partial charge < -0.3 is 5.11 Å². The van der Waals surface area contributed by atoms with Crippen LogP contribution in [0.4, 0.5) is 0 Å². The molecule has 1 heteroatoms. The lowest BCUT2D eigenvalue weighted by Crippen LogP contribution is -1.88. The van der Waals surface area contributed by atoms with Crippen LogP contribution >= 0.6 is 0 Å². The summed E-state index contributed by atoms with van der Waals surface area (Å²) in [6.45, 7) is 0. The molecule has 4 aromatic carbocycles. The van der Waals surface area contributed by atoms with Crippen molar-refractivity contribution in [2.45, 2.75) is 6.42 Å². The molecule has 0 radical (unpaired) electrons. The number of hydrogen-bond donors (Lipinski definition) is 1. The second-order valence-corrected chi connectivity index (χ2v) is 6.41. The van der Waals surface area contributed by atoms with E-state index in [0.717, 1.165) is 17.2 Å². The first kappa shape index (κ1) is 13.4. The van der Waals surface area contributed by atoms with Gasteiger partial charge in [0.25, 0.3) is 0 Å². The smallest absolute Gasteiger partial charge is 0.116 e. The minimum atomic E-state index is 0.311. The number of rotatable bonds is 1. The number of aromatic hydroxyl groups is 1. The lowest BCUT2D eigenvalue weighted by molar-refractivity contribution is 0.476. The SMILES string of the molecule is Oc1ccc2ccc(-c3cccc4c3Cc3ccccc3-4)cc2c1. The third-order valence-corrected chi connectivity index (χ3v) is 4.99. The molecule has 0 heterocycles. The van der Waals surface area contributed by atoms with Crippen molar-refractivity contribution < 1.29 is 5.11 Å². The summed E-state index contributed by atoms with van der Waals surface area (Å²) in [6, 6.07) is 27.2. The molecule has 0 bridgehead atoms. The molecule has 0 unspecified atom stereocenters. The first-order valence-electron chi connectivity index (χ1n) is 8.23. The molecule has 1 aliphatic carbocycles. The maximum absolute atomic E-state index is 9.76. The fraction of sp³-hybridized carbons (Fsp3) is 0.0435. The maximum Gasteiger partial charge on any atom is 0.116 e. The molecule has 0 aliphatic heterocycles. The summed E-state index contributed by atoms with van der Waals surface area (Å²) in [7, 11) is 0. The molecule has 1 aliphatic rings. The summed E-state index contributed by atoms with van der Waals surface area (Å²) in [4.78, 5) is 0. The Labute approximate surface area is 140 Å². The van der Waals surface area contributed by atoms with Gasteiger partial charge in [0.2, 0.25) is 0 Å². The normalized spacial score (nSPS) is 12.2. The van der Waals surface area contributed by atoms with Crippen LogP contribution in [0.1, 0.15) is 11.1 Å². The van der Waals surface area contributed by atoms with E-state index in [1.807, 2.05) is 12.1 Å². The molecule has 1 N–H and O–H groups in total. The Kier molecular flexibility index (Phi) is 2.77. The van der Waals surface area contributed by atoms with Gasteiger partial charge in [-0.2, -0.15) is 0 Å². The number of hydrogen-bond acceptors (Lipinski definition) is 1. The Balaban J connectivity index is 1.72. The van der Waals surface area contributed by atoms with E-state index in [0.29, 0.717) is 5.75 Å². The summed E-state index contributed by atoms with van der Waals surface area (Å²) in [5.74, 6) is 0.311. The lowest BCUT2D eigenvalue weighted by atomic mass is 9.94. The quantitative estimate of drug-likeness (QED) is 0.416. The monoisotopic (exact) mass is 308 g/mol. The highest BCUT2D eigenvalue weighted by atomic mass is 16.3. The summed E-state index contributed by atoms with van der Waals surface area (Å²) >= 11 is 0. The molecule has 0 spiro atoms. The Morgan fingerprint density at radius 1 is 0.625 bits per heavy atom. The van der Waals surface area contributed by atoms with Crippen molar-refractivity contribution in [3.63, 3.8) is 0 Å². The zero-order valence-electron chi connectivity index (χ0n) is 13.2. The van der Waals surface area contributed by atoms with Crippen LogP contribution in [-0.4, -0.2) is 5.11 Å². The van der Waals surface area contributed by atoms with Gasteiger partial charge in [-0.05, 0) is 68.8 Å². The standard InChI is InChI=1S/C23H16O/c24-19-11-10-15-8-9-17(12-18(15)13-19)21-6-3-7-22-20-5-2-1-4-16(20)14-23(21)22/h1-13,24H,14H2. The third kappa shape index (κ3) is 1.95. The fourth-order valence-electron chi connectivity index (χ4n) is 3.83. The first-order valence-corrected chi connectivity index (χ1v) is 8.23. The molecular formula is C23H16O. The minimum absolute atomic E-state index is 0.311. The molecule has 4 aromatic rings. The van der Waals surface area contributed by atoms with Crippen LogP contribution < -0.4 is 0 Å². The van der Waals surface area contributed by atoms with Gasteiger partial charge in [-0.15, -0.1) is 0 Å². The van der Waals surface area contributed by atoms with Crippen LogP contribution in [0, 0.1) is 0 Å². The second-order valence-electron chi connectivity index (χ2n) is 6.41. The Morgan fingerprint density at radius 2 is 1.42 bits per heavy atom. The third-order valence-electron chi connectivity index (χ3n) is 4.99. The fourth-order valence-corrected chi connectivity index (χ4v) is 3.83. The van der Waals surface area contributed by atoms with Crippen LogP contribution in [0.25, 0.3) is 33.0 Å². The topological polar surface area (TPSA) is 20.2 Å². The van der Waals surface area contributed by atoms with E-state index in [1.165, 1.54) is 33.4 Å². The molecule has 5 rings (SSSR count). The molecular weight excluding hydrogens is 292 g/mol. The Hall–Kier alpha value is -3.06. The summed E-state index contributed by atoms with van der Waals surface area (Å²) < 4.78 is 0. The summed E-state index contributed by atoms with van der Waals surface area (Å²) in [5.41, 5.74) is 8.00. The number of phenolic OH excluding ortho intramolecular Hbond substituents is 1. The molecule has 24 heavy (non-hydrogen) atoms. The van der Waals surface area contributed by atoms with Crippen LogP contribution in [0.2, 0.25) is 0 Å². The lowest BCUT2D eigenvalue weighted by Gasteiger charge is -2.10. The summed E-state index contributed by atoms with van der Waals surface area (Å²) in [6.07, 6.45) is 0.986. The number of benzene rings is 4. The van der Waals surface area contributed by atoms with Crippen LogP contribution in [0.5, 0.6) is 5.75 Å². The van der Waals surface area contributed by atoms with Gasteiger partial charge in [0, 0.05) is 0 Å². The largest absolute Gasteiger partial charge is 0.508 e. The average Bonchev–Trinajstić information content (AvgIpc) is 3.00. The van der Waals surface area contributed by atoms with Crippen molar-refractivity contribution in [2.24, 2.45) is 0 Å². The van der Waals surface area contributed by atoms with Gasteiger partial charge >= 0.3 is 0 Å². The molecule has 0 amide bonds. The molecule has 0 aromatic heterocycles. The molecule has 0 saturated heterocycles. The van der Waals surface area contributed by atoms with E-state index in [2.05, 4.69) is 60.7 Å². The van der Waals surface area contributed by atoms with E-state index in [4.69, 9.17) is 0 Å². The molecule has 0 fully saturated rings. The van der Waals surface area contributed by atoms with Crippen LogP contribution in [0.3, 0.4) is 0 Å². The van der Waals surface area contributed by atoms with E-state index < -0.39 is 0 Å². The van der Waals surface area contributed by atoms with Crippen molar-refractivity contribution in [1.82, 2.24) is 0 Å². The van der Waals surface area contributed by atoms with E-state index >= 15 is 0 Å². The second kappa shape index (κ2) is 4.97. The average molecular weight is 308 g/mol. The summed E-state index contributed by atoms with van der Waals surface area (Å²) in [5, 5.41) is 12.0. The van der Waals surface area contributed by atoms with Gasteiger partial charge in [-0.25, -0.2) is 0 Å². The van der Waals surface area contributed by atoms with E-state index in [9.17, 15) is 5.11 Å². The van der Waals surface area contributed by atoms with Crippen molar-refractivity contribution in [2.75, 3.05) is 0 Å². The molecule has 1 nitrogen and oxygen atoms in total. The molecule has 114 valence electrons. The van der Waals surface area contributed by atoms with Crippen molar-refractivity contribution in [3.05, 3.63) is 90.0 Å².